The van der Waals surface area contributed by atoms with Crippen molar-refractivity contribution in [2.75, 3.05) is 11.6 Å². The van der Waals surface area contributed by atoms with Crippen LogP contribution in [0.4, 0.5) is 5.69 Å². The lowest BCUT2D eigenvalue weighted by molar-refractivity contribution is -0.203. The number of nitrogens with zero attached hydrogens (tertiary/aromatic N) is 1. The summed E-state index contributed by atoms with van der Waals surface area (Å²) in [5, 5.41) is 1.17. The molecule has 0 radical (unpaired) electrons. The Morgan fingerprint density at radius 3 is 2.27 bits per heavy atom. The summed E-state index contributed by atoms with van der Waals surface area (Å²) in [6, 6.07) is 17.7. The molecule has 9 nitrogen and oxygen atoms in total. The Labute approximate surface area is 237 Å². The molecule has 216 valence electrons. The van der Waals surface area contributed by atoms with Crippen LogP contribution >= 0.6 is 0 Å². The molecule has 0 bridgehead atoms. The highest BCUT2D eigenvalue weighted by atomic mass is 16.8. The fraction of sp³-hybridized carbons (Fsp3) is 0.452. The third kappa shape index (κ3) is 9.59. The molecule has 0 aromatic heterocycles. The summed E-state index contributed by atoms with van der Waals surface area (Å²) in [6.45, 7) is 6.11. The van der Waals surface area contributed by atoms with E-state index in [-0.39, 0.29) is 12.3 Å². The standard InChI is InChI=1S/C31H42N4O5/c1-22(2)21-27(29(36)33-35(31(38)23(3)32)25-16-8-5-9-17-25)26(18-12-15-24-13-6-4-7-14-24)30(37)34-40-28-19-10-11-20-39-28/h4-9,12-17,22-23,26-28H,10-11,18-21,32H2,1-3H3,(H,33,36)(H,34,37)/b15-12+/t23-,26-,27+,28?/m0/s1. The van der Waals surface area contributed by atoms with Crippen LogP contribution in [0.3, 0.4) is 0 Å². The zero-order valence-corrected chi connectivity index (χ0v) is 23.6. The maximum atomic E-state index is 13.9. The second-order valence-corrected chi connectivity index (χ2v) is 10.5. The molecule has 3 rings (SSSR count). The number of amides is 3. The number of anilines is 1. The Hall–Kier alpha value is -3.53. The molecular formula is C31H42N4O5. The number of rotatable bonds is 12. The molecule has 1 heterocycles. The van der Waals surface area contributed by atoms with Crippen molar-refractivity contribution in [3.8, 4) is 0 Å². The number of carbonyl (C=O) groups is 3. The van der Waals surface area contributed by atoms with Crippen LogP contribution in [0, 0.1) is 17.8 Å². The van der Waals surface area contributed by atoms with Gasteiger partial charge in [0.2, 0.25) is 11.8 Å². The molecule has 0 aliphatic carbocycles. The van der Waals surface area contributed by atoms with Crippen LogP contribution in [-0.2, 0) is 24.0 Å². The molecule has 1 saturated heterocycles. The van der Waals surface area contributed by atoms with Gasteiger partial charge in [-0.1, -0.05) is 74.5 Å². The number of hydrogen-bond donors (Lipinski definition) is 3. The molecule has 2 aromatic rings. The van der Waals surface area contributed by atoms with Gasteiger partial charge in [0, 0.05) is 13.0 Å². The van der Waals surface area contributed by atoms with E-state index in [2.05, 4.69) is 10.9 Å². The summed E-state index contributed by atoms with van der Waals surface area (Å²) in [6.07, 6.45) is 6.57. The number of hydrazine groups is 1. The number of benzene rings is 2. The maximum absolute atomic E-state index is 13.9. The highest BCUT2D eigenvalue weighted by Gasteiger charge is 2.36. The van der Waals surface area contributed by atoms with Crippen LogP contribution < -0.4 is 21.6 Å². The van der Waals surface area contributed by atoms with Crippen molar-refractivity contribution in [2.24, 2.45) is 23.5 Å². The first-order valence-electron chi connectivity index (χ1n) is 14.0. The maximum Gasteiger partial charge on any atom is 0.262 e. The number of nitrogens with one attached hydrogen (secondary N) is 2. The quantitative estimate of drug-likeness (QED) is 0.338. The number of allylic oxidation sites excluding steroid dienone is 1. The predicted octanol–water partition coefficient (Wildman–Crippen LogP) is 4.35. The highest BCUT2D eigenvalue weighted by Crippen LogP contribution is 2.27. The number of hydrogen-bond acceptors (Lipinski definition) is 6. The first kappa shape index (κ1) is 31.0. The van der Waals surface area contributed by atoms with Crippen LogP contribution in [0.25, 0.3) is 6.08 Å². The molecule has 0 spiro atoms. The summed E-state index contributed by atoms with van der Waals surface area (Å²) >= 11 is 0. The summed E-state index contributed by atoms with van der Waals surface area (Å²) in [5.74, 6) is -2.77. The molecule has 1 aliphatic heterocycles. The van der Waals surface area contributed by atoms with E-state index in [9.17, 15) is 14.4 Å². The monoisotopic (exact) mass is 550 g/mol. The van der Waals surface area contributed by atoms with E-state index < -0.39 is 41.9 Å². The van der Waals surface area contributed by atoms with Crippen molar-refractivity contribution in [3.05, 3.63) is 72.3 Å². The first-order chi connectivity index (χ1) is 19.3. The molecule has 3 amide bonds. The third-order valence-electron chi connectivity index (χ3n) is 6.66. The zero-order chi connectivity index (χ0) is 28.9. The minimum absolute atomic E-state index is 0.0982. The van der Waals surface area contributed by atoms with E-state index in [4.69, 9.17) is 15.3 Å². The second-order valence-electron chi connectivity index (χ2n) is 10.5. The van der Waals surface area contributed by atoms with Gasteiger partial charge in [-0.05, 0) is 56.2 Å². The van der Waals surface area contributed by atoms with E-state index in [0.29, 0.717) is 25.1 Å². The summed E-state index contributed by atoms with van der Waals surface area (Å²) < 4.78 is 5.58. The lowest BCUT2D eigenvalue weighted by Gasteiger charge is -2.31. The highest BCUT2D eigenvalue weighted by molar-refractivity contribution is 6.00. The molecular weight excluding hydrogens is 508 g/mol. The molecule has 4 N–H and O–H groups in total. The predicted molar refractivity (Wildman–Crippen MR) is 155 cm³/mol. The fourth-order valence-corrected chi connectivity index (χ4v) is 4.56. The van der Waals surface area contributed by atoms with Crippen LogP contribution in [0.5, 0.6) is 0 Å². The van der Waals surface area contributed by atoms with Crippen molar-refractivity contribution in [1.82, 2.24) is 10.9 Å². The van der Waals surface area contributed by atoms with Crippen LogP contribution in [0.15, 0.2) is 66.7 Å². The van der Waals surface area contributed by atoms with E-state index in [1.165, 1.54) is 5.01 Å². The zero-order valence-electron chi connectivity index (χ0n) is 23.6. The van der Waals surface area contributed by atoms with Gasteiger partial charge in [0.25, 0.3) is 5.91 Å². The number of nitrogens with two attached hydrogens (primary N) is 1. The largest absolute Gasteiger partial charge is 0.350 e. The molecule has 1 aliphatic rings. The lowest BCUT2D eigenvalue weighted by Crippen LogP contribution is -2.55. The lowest BCUT2D eigenvalue weighted by atomic mass is 9.82. The van der Waals surface area contributed by atoms with Crippen molar-refractivity contribution in [3.63, 3.8) is 0 Å². The van der Waals surface area contributed by atoms with Gasteiger partial charge in [-0.2, -0.15) is 0 Å². The summed E-state index contributed by atoms with van der Waals surface area (Å²) in [5.41, 5.74) is 12.7. The Bertz CT molecular complexity index is 1100. The van der Waals surface area contributed by atoms with Gasteiger partial charge in [0.15, 0.2) is 6.29 Å². The first-order valence-corrected chi connectivity index (χ1v) is 14.0. The van der Waals surface area contributed by atoms with Crippen molar-refractivity contribution in [1.29, 1.82) is 0 Å². The van der Waals surface area contributed by atoms with Gasteiger partial charge in [-0.15, -0.1) is 0 Å². The van der Waals surface area contributed by atoms with E-state index in [1.807, 2.05) is 62.4 Å². The minimum Gasteiger partial charge on any atom is -0.350 e. The van der Waals surface area contributed by atoms with Gasteiger partial charge in [-0.3, -0.25) is 19.8 Å². The second kappa shape index (κ2) is 15.9. The summed E-state index contributed by atoms with van der Waals surface area (Å²) in [4.78, 5) is 46.0. The number of hydroxylamine groups is 1. The van der Waals surface area contributed by atoms with Crippen LogP contribution in [0.1, 0.15) is 58.4 Å². The van der Waals surface area contributed by atoms with Crippen molar-refractivity contribution >= 4 is 29.5 Å². The number of carbonyl (C=O) groups excluding carboxylic acids is 3. The Kier molecular flexibility index (Phi) is 12.3. The normalized spacial score (nSPS) is 17.7. The smallest absolute Gasteiger partial charge is 0.262 e. The van der Waals surface area contributed by atoms with E-state index in [1.54, 1.807) is 31.2 Å². The van der Waals surface area contributed by atoms with E-state index >= 15 is 0 Å². The van der Waals surface area contributed by atoms with Gasteiger partial charge >= 0.3 is 0 Å². The molecule has 1 fully saturated rings. The molecule has 40 heavy (non-hydrogen) atoms. The molecule has 9 heteroatoms. The SMILES string of the molecule is CC(C)C[C@@H](C(=O)NN(C(=O)[C@H](C)N)c1ccccc1)[C@H](C/C=C/c1ccccc1)C(=O)NOC1CCCCO1. The van der Waals surface area contributed by atoms with Crippen LogP contribution in [-0.4, -0.2) is 36.7 Å². The van der Waals surface area contributed by atoms with Gasteiger partial charge < -0.3 is 10.5 Å². The third-order valence-corrected chi connectivity index (χ3v) is 6.66. The molecule has 0 saturated carbocycles. The Balaban J connectivity index is 1.86. The number of para-hydroxylation sites is 1. The van der Waals surface area contributed by atoms with E-state index in [0.717, 1.165) is 18.4 Å². The Morgan fingerprint density at radius 2 is 1.68 bits per heavy atom. The van der Waals surface area contributed by atoms with Crippen molar-refractivity contribution < 1.29 is 24.0 Å². The molecule has 1 unspecified atom stereocenters. The average Bonchev–Trinajstić information content (AvgIpc) is 2.96. The average molecular weight is 551 g/mol. The van der Waals surface area contributed by atoms with Crippen molar-refractivity contribution in [2.45, 2.75) is 65.2 Å². The minimum atomic E-state index is -0.846. The number of ether oxygens (including phenoxy) is 1. The van der Waals surface area contributed by atoms with Gasteiger partial charge in [0.1, 0.15) is 0 Å². The summed E-state index contributed by atoms with van der Waals surface area (Å²) in [7, 11) is 0. The topological polar surface area (TPSA) is 123 Å². The van der Waals surface area contributed by atoms with Gasteiger partial charge in [-0.25, -0.2) is 15.3 Å². The fourth-order valence-electron chi connectivity index (χ4n) is 4.56. The molecule has 4 atom stereocenters. The molecule has 2 aromatic carbocycles. The Morgan fingerprint density at radius 1 is 1.00 bits per heavy atom. The van der Waals surface area contributed by atoms with Crippen LogP contribution in [0.2, 0.25) is 0 Å². The van der Waals surface area contributed by atoms with Gasteiger partial charge in [0.05, 0.1) is 23.6 Å².